The molecule has 0 saturated carbocycles. The van der Waals surface area contributed by atoms with Gasteiger partial charge in [-0.2, -0.15) is 0 Å². The van der Waals surface area contributed by atoms with Crippen molar-refractivity contribution in [1.82, 2.24) is 0 Å². The topological polar surface area (TPSA) is 85.9 Å². The van der Waals surface area contributed by atoms with Crippen LogP contribution in [0.1, 0.15) is 18.9 Å². The Bertz CT molecular complexity index is 643. The molecule has 1 unspecified atom stereocenters. The molecular weight excluding hydrogens is 301 g/mol. The van der Waals surface area contributed by atoms with E-state index in [1.165, 1.54) is 12.1 Å². The Hall–Kier alpha value is -1.99. The van der Waals surface area contributed by atoms with E-state index in [1.807, 2.05) is 0 Å². The zero-order valence-electron chi connectivity index (χ0n) is 13.0. The van der Waals surface area contributed by atoms with Crippen LogP contribution in [0, 0.1) is 11.7 Å². The normalized spacial score (nSPS) is 27.6. The van der Waals surface area contributed by atoms with Crippen LogP contribution in [0.15, 0.2) is 23.2 Å². The lowest BCUT2D eigenvalue weighted by Gasteiger charge is -2.30. The molecule has 2 aliphatic heterocycles. The number of nitrogens with two attached hydrogens (primary N) is 1. The summed E-state index contributed by atoms with van der Waals surface area (Å²) in [6.07, 6.45) is 0.701. The quantitative estimate of drug-likeness (QED) is 0.881. The zero-order chi connectivity index (χ0) is 16.4. The van der Waals surface area contributed by atoms with Gasteiger partial charge in [0.25, 0.3) is 0 Å². The summed E-state index contributed by atoms with van der Waals surface area (Å²) in [4.78, 5) is 16.5. The van der Waals surface area contributed by atoms with Crippen LogP contribution in [0.2, 0.25) is 0 Å². The summed E-state index contributed by atoms with van der Waals surface area (Å²) in [5.41, 5.74) is 5.69. The number of ether oxygens (including phenoxy) is 2. The molecule has 1 amide bonds. The molecule has 2 heterocycles. The minimum absolute atomic E-state index is 0.117. The van der Waals surface area contributed by atoms with Crippen LogP contribution in [0.4, 0.5) is 10.1 Å². The molecule has 7 heteroatoms. The molecule has 3 rings (SSSR count). The van der Waals surface area contributed by atoms with E-state index >= 15 is 0 Å². The average molecular weight is 321 g/mol. The number of carbonyl (C=O) groups is 1. The highest BCUT2D eigenvalue weighted by Crippen LogP contribution is 2.32. The molecule has 0 spiro atoms. The maximum Gasteiger partial charge on any atom is 0.229 e. The molecule has 1 aromatic carbocycles. The largest absolute Gasteiger partial charge is 0.386 e. The zero-order valence-corrected chi connectivity index (χ0v) is 13.0. The lowest BCUT2D eigenvalue weighted by Crippen LogP contribution is -2.38. The van der Waals surface area contributed by atoms with Crippen molar-refractivity contribution in [3.05, 3.63) is 29.6 Å². The van der Waals surface area contributed by atoms with E-state index in [2.05, 4.69) is 10.3 Å². The molecule has 3 N–H and O–H groups in total. The molecule has 1 aromatic rings. The fourth-order valence-corrected chi connectivity index (χ4v) is 2.88. The van der Waals surface area contributed by atoms with Gasteiger partial charge in [0.2, 0.25) is 5.91 Å². The second kappa shape index (κ2) is 6.25. The number of anilines is 1. The first-order valence-corrected chi connectivity index (χ1v) is 7.58. The Kier molecular flexibility index (Phi) is 4.32. The van der Waals surface area contributed by atoms with Crippen LogP contribution >= 0.6 is 0 Å². The van der Waals surface area contributed by atoms with Crippen molar-refractivity contribution in [1.29, 1.82) is 0 Å². The number of nitrogens with one attached hydrogen (secondary N) is 1. The Labute approximate surface area is 133 Å². The highest BCUT2D eigenvalue weighted by Gasteiger charge is 2.33. The predicted molar refractivity (Wildman–Crippen MR) is 83.7 cm³/mol. The third-order valence-electron chi connectivity index (χ3n) is 4.14. The van der Waals surface area contributed by atoms with Gasteiger partial charge in [-0.25, -0.2) is 4.39 Å². The number of amides is 1. The van der Waals surface area contributed by atoms with Crippen molar-refractivity contribution in [2.75, 3.05) is 31.7 Å². The Morgan fingerprint density at radius 2 is 2.30 bits per heavy atom. The maximum atomic E-state index is 14.3. The monoisotopic (exact) mass is 321 g/mol. The second-order valence-corrected chi connectivity index (χ2v) is 6.11. The van der Waals surface area contributed by atoms with Gasteiger partial charge in [-0.1, -0.05) is 0 Å². The molecule has 2 aliphatic rings. The van der Waals surface area contributed by atoms with Gasteiger partial charge in [0.1, 0.15) is 23.8 Å². The smallest absolute Gasteiger partial charge is 0.229 e. The van der Waals surface area contributed by atoms with Crippen LogP contribution in [-0.4, -0.2) is 38.2 Å². The summed E-state index contributed by atoms with van der Waals surface area (Å²) >= 11 is 0. The summed E-state index contributed by atoms with van der Waals surface area (Å²) in [5, 5.41) is 2.81. The number of hydrogen-bond donors (Lipinski definition) is 2. The third kappa shape index (κ3) is 3.35. The van der Waals surface area contributed by atoms with Gasteiger partial charge in [-0.3, -0.25) is 9.79 Å². The summed E-state index contributed by atoms with van der Waals surface area (Å²) < 4.78 is 24.9. The molecular formula is C16H20FN3O3. The molecule has 0 bridgehead atoms. The molecule has 23 heavy (non-hydrogen) atoms. The summed E-state index contributed by atoms with van der Waals surface area (Å²) in [6, 6.07) is 4.45. The number of halogens is 1. The van der Waals surface area contributed by atoms with E-state index in [0.717, 1.165) is 0 Å². The number of hydrogen-bond acceptors (Lipinski definition) is 5. The first-order valence-electron chi connectivity index (χ1n) is 7.58. The van der Waals surface area contributed by atoms with Crippen LogP contribution in [0.25, 0.3) is 0 Å². The van der Waals surface area contributed by atoms with Crippen molar-refractivity contribution in [2.45, 2.75) is 18.9 Å². The summed E-state index contributed by atoms with van der Waals surface area (Å²) in [7, 11) is 0. The molecule has 2 atom stereocenters. The summed E-state index contributed by atoms with van der Waals surface area (Å²) in [6.45, 7) is 3.25. The standard InChI is InChI=1S/C16H20FN3O3/c1-16(9-23-8-14(18)20-16)12-6-11(2-3-13(12)17)19-15(21)10-4-5-22-7-10/h2-3,6,10H,4-5,7-9H2,1H3,(H2,18,20)(H,19,21)/t10?,16-/m0/s1. The maximum absolute atomic E-state index is 14.3. The van der Waals surface area contributed by atoms with Crippen molar-refractivity contribution in [2.24, 2.45) is 16.6 Å². The van der Waals surface area contributed by atoms with E-state index < -0.39 is 11.4 Å². The van der Waals surface area contributed by atoms with Crippen molar-refractivity contribution >= 4 is 17.4 Å². The predicted octanol–water partition coefficient (Wildman–Crippen LogP) is 1.40. The number of nitrogens with zero attached hydrogens (tertiary/aromatic N) is 1. The average Bonchev–Trinajstić information content (AvgIpc) is 3.03. The Balaban J connectivity index is 1.84. The molecule has 0 radical (unpaired) electrons. The van der Waals surface area contributed by atoms with Gasteiger partial charge >= 0.3 is 0 Å². The highest BCUT2D eigenvalue weighted by molar-refractivity contribution is 5.93. The minimum Gasteiger partial charge on any atom is -0.386 e. The third-order valence-corrected chi connectivity index (χ3v) is 4.14. The molecule has 0 aliphatic carbocycles. The number of benzene rings is 1. The minimum atomic E-state index is -0.899. The van der Waals surface area contributed by atoms with E-state index in [4.69, 9.17) is 15.2 Å². The summed E-state index contributed by atoms with van der Waals surface area (Å²) in [5.74, 6) is -0.355. The van der Waals surface area contributed by atoms with Crippen molar-refractivity contribution < 1.29 is 18.7 Å². The van der Waals surface area contributed by atoms with E-state index in [-0.39, 0.29) is 25.0 Å². The van der Waals surface area contributed by atoms with Crippen LogP contribution in [-0.2, 0) is 19.8 Å². The van der Waals surface area contributed by atoms with Gasteiger partial charge in [-0.15, -0.1) is 0 Å². The fourth-order valence-electron chi connectivity index (χ4n) is 2.88. The first kappa shape index (κ1) is 15.9. The molecule has 0 aromatic heterocycles. The van der Waals surface area contributed by atoms with Gasteiger partial charge in [0, 0.05) is 17.9 Å². The number of amidine groups is 1. The lowest BCUT2D eigenvalue weighted by molar-refractivity contribution is -0.119. The fraction of sp³-hybridized carbons (Fsp3) is 0.500. The SMILES string of the molecule is C[C@@]1(c2cc(NC(=O)C3CCOC3)ccc2F)COCC(N)=N1. The van der Waals surface area contributed by atoms with E-state index in [0.29, 0.717) is 36.7 Å². The van der Waals surface area contributed by atoms with Gasteiger partial charge in [-0.05, 0) is 31.5 Å². The van der Waals surface area contributed by atoms with Crippen molar-refractivity contribution in [3.8, 4) is 0 Å². The Morgan fingerprint density at radius 3 is 3.00 bits per heavy atom. The Morgan fingerprint density at radius 1 is 1.48 bits per heavy atom. The van der Waals surface area contributed by atoms with E-state index in [9.17, 15) is 9.18 Å². The molecule has 1 saturated heterocycles. The second-order valence-electron chi connectivity index (χ2n) is 6.11. The number of rotatable bonds is 3. The van der Waals surface area contributed by atoms with E-state index in [1.54, 1.807) is 13.0 Å². The molecule has 6 nitrogen and oxygen atoms in total. The molecule has 124 valence electrons. The van der Waals surface area contributed by atoms with Gasteiger partial charge in [0.05, 0.1) is 19.1 Å². The first-order chi connectivity index (χ1) is 11.0. The highest BCUT2D eigenvalue weighted by atomic mass is 19.1. The lowest BCUT2D eigenvalue weighted by atomic mass is 9.91. The van der Waals surface area contributed by atoms with Crippen LogP contribution < -0.4 is 11.1 Å². The van der Waals surface area contributed by atoms with Gasteiger partial charge < -0.3 is 20.5 Å². The van der Waals surface area contributed by atoms with Gasteiger partial charge in [0.15, 0.2) is 0 Å². The van der Waals surface area contributed by atoms with Crippen molar-refractivity contribution in [3.63, 3.8) is 0 Å². The molecule has 1 fully saturated rings. The number of aliphatic imine (C=N–C) groups is 1. The van der Waals surface area contributed by atoms with Crippen LogP contribution in [0.5, 0.6) is 0 Å². The number of carbonyl (C=O) groups excluding carboxylic acids is 1. The van der Waals surface area contributed by atoms with Crippen LogP contribution in [0.3, 0.4) is 0 Å².